The van der Waals surface area contributed by atoms with Gasteiger partial charge in [0.2, 0.25) is 0 Å². The Balaban J connectivity index is 2.05. The number of hydrogen-bond donors (Lipinski definition) is 0. The standard InChI is InChI=1S/C16H13FO3/c1-19-14-4-2-3-13(17)15(14)16(18)10-5-6-11-8-20-9-12(11)7-10/h2-7H,8-9H2,1H3. The van der Waals surface area contributed by atoms with Crippen molar-refractivity contribution in [1.82, 2.24) is 0 Å². The molecule has 2 aromatic rings. The Morgan fingerprint density at radius 1 is 1.20 bits per heavy atom. The predicted octanol–water partition coefficient (Wildman–Crippen LogP) is 3.10. The summed E-state index contributed by atoms with van der Waals surface area (Å²) in [4.78, 5) is 12.5. The van der Waals surface area contributed by atoms with Crippen LogP contribution in [0.2, 0.25) is 0 Å². The van der Waals surface area contributed by atoms with E-state index in [1.54, 1.807) is 18.2 Å². The van der Waals surface area contributed by atoms with Crippen LogP contribution in [0.5, 0.6) is 5.75 Å². The second kappa shape index (κ2) is 5.06. The lowest BCUT2D eigenvalue weighted by Gasteiger charge is -2.09. The summed E-state index contributed by atoms with van der Waals surface area (Å²) in [5, 5.41) is 0. The van der Waals surface area contributed by atoms with E-state index >= 15 is 0 Å². The van der Waals surface area contributed by atoms with E-state index in [0.29, 0.717) is 18.8 Å². The summed E-state index contributed by atoms with van der Waals surface area (Å²) < 4.78 is 24.3. The van der Waals surface area contributed by atoms with E-state index in [4.69, 9.17) is 9.47 Å². The van der Waals surface area contributed by atoms with Crippen LogP contribution >= 0.6 is 0 Å². The van der Waals surface area contributed by atoms with E-state index in [1.807, 2.05) is 6.07 Å². The molecule has 1 aliphatic rings. The molecule has 1 heterocycles. The van der Waals surface area contributed by atoms with Gasteiger partial charge in [0.05, 0.1) is 20.3 Å². The lowest BCUT2D eigenvalue weighted by molar-refractivity contribution is 0.103. The molecule has 0 saturated carbocycles. The number of hydrogen-bond acceptors (Lipinski definition) is 3. The minimum absolute atomic E-state index is 0.0335. The SMILES string of the molecule is COc1cccc(F)c1C(=O)c1ccc2c(c1)COC2. The van der Waals surface area contributed by atoms with Gasteiger partial charge in [-0.2, -0.15) is 0 Å². The molecule has 0 fully saturated rings. The van der Waals surface area contributed by atoms with Crippen LogP contribution in [0.3, 0.4) is 0 Å². The highest BCUT2D eigenvalue weighted by atomic mass is 19.1. The molecule has 2 aromatic carbocycles. The Labute approximate surface area is 115 Å². The molecule has 102 valence electrons. The van der Waals surface area contributed by atoms with Gasteiger partial charge in [-0.1, -0.05) is 18.2 Å². The molecule has 1 aliphatic heterocycles. The third-order valence-corrected chi connectivity index (χ3v) is 3.41. The van der Waals surface area contributed by atoms with Gasteiger partial charge in [0.1, 0.15) is 17.1 Å². The van der Waals surface area contributed by atoms with E-state index < -0.39 is 5.82 Å². The fourth-order valence-electron chi connectivity index (χ4n) is 2.35. The maximum atomic E-state index is 13.9. The van der Waals surface area contributed by atoms with E-state index in [-0.39, 0.29) is 17.1 Å². The van der Waals surface area contributed by atoms with E-state index in [2.05, 4.69) is 0 Å². The second-order valence-electron chi connectivity index (χ2n) is 4.62. The lowest BCUT2D eigenvalue weighted by Crippen LogP contribution is -2.07. The molecule has 0 atom stereocenters. The van der Waals surface area contributed by atoms with Crippen molar-refractivity contribution in [1.29, 1.82) is 0 Å². The Bertz CT molecular complexity index is 679. The molecule has 0 radical (unpaired) electrons. The van der Waals surface area contributed by atoms with Crippen LogP contribution in [0.1, 0.15) is 27.0 Å². The second-order valence-corrected chi connectivity index (χ2v) is 4.62. The maximum Gasteiger partial charge on any atom is 0.199 e. The van der Waals surface area contributed by atoms with E-state index in [9.17, 15) is 9.18 Å². The molecule has 0 aliphatic carbocycles. The summed E-state index contributed by atoms with van der Waals surface area (Å²) in [6.45, 7) is 1.05. The molecule has 0 unspecified atom stereocenters. The van der Waals surface area contributed by atoms with Crippen molar-refractivity contribution in [3.05, 3.63) is 64.5 Å². The number of ether oxygens (including phenoxy) is 2. The van der Waals surface area contributed by atoms with Crippen molar-refractivity contribution in [2.75, 3.05) is 7.11 Å². The van der Waals surface area contributed by atoms with Crippen LogP contribution in [0.25, 0.3) is 0 Å². The van der Waals surface area contributed by atoms with E-state index in [0.717, 1.165) is 11.1 Å². The quantitative estimate of drug-likeness (QED) is 0.805. The molecule has 0 N–H and O–H groups in total. The first-order chi connectivity index (χ1) is 9.70. The summed E-state index contributed by atoms with van der Waals surface area (Å²) in [7, 11) is 1.42. The number of ketones is 1. The van der Waals surface area contributed by atoms with Crippen molar-refractivity contribution in [3.8, 4) is 5.75 Å². The van der Waals surface area contributed by atoms with Gasteiger partial charge in [-0.15, -0.1) is 0 Å². The third kappa shape index (κ3) is 2.08. The Morgan fingerprint density at radius 3 is 2.80 bits per heavy atom. The zero-order valence-electron chi connectivity index (χ0n) is 11.0. The highest BCUT2D eigenvalue weighted by Gasteiger charge is 2.21. The Hall–Kier alpha value is -2.20. The minimum atomic E-state index is -0.578. The number of benzene rings is 2. The fraction of sp³-hybridized carbons (Fsp3) is 0.188. The normalized spacial score (nSPS) is 13.1. The van der Waals surface area contributed by atoms with Crippen molar-refractivity contribution in [3.63, 3.8) is 0 Å². The lowest BCUT2D eigenvalue weighted by atomic mass is 9.98. The molecule has 0 spiro atoms. The summed E-state index contributed by atoms with van der Waals surface area (Å²) in [6.07, 6.45) is 0. The minimum Gasteiger partial charge on any atom is -0.496 e. The summed E-state index contributed by atoms with van der Waals surface area (Å²) in [5.41, 5.74) is 2.46. The zero-order chi connectivity index (χ0) is 14.1. The van der Waals surface area contributed by atoms with Gasteiger partial charge in [-0.05, 0) is 29.3 Å². The highest BCUT2D eigenvalue weighted by molar-refractivity contribution is 6.11. The predicted molar refractivity (Wildman–Crippen MR) is 71.3 cm³/mol. The largest absolute Gasteiger partial charge is 0.496 e. The summed E-state index contributed by atoms with van der Waals surface area (Å²) in [5.74, 6) is -0.715. The smallest absolute Gasteiger partial charge is 0.199 e. The van der Waals surface area contributed by atoms with Crippen LogP contribution in [0, 0.1) is 5.82 Å². The van der Waals surface area contributed by atoms with Crippen molar-refractivity contribution < 1.29 is 18.7 Å². The third-order valence-electron chi connectivity index (χ3n) is 3.41. The van der Waals surface area contributed by atoms with Gasteiger partial charge in [0.25, 0.3) is 0 Å². The topological polar surface area (TPSA) is 35.5 Å². The maximum absolute atomic E-state index is 13.9. The van der Waals surface area contributed by atoms with Gasteiger partial charge >= 0.3 is 0 Å². The molecule has 4 heteroatoms. The Kier molecular flexibility index (Phi) is 3.24. The molecular weight excluding hydrogens is 259 g/mol. The van der Waals surface area contributed by atoms with E-state index in [1.165, 1.54) is 19.2 Å². The van der Waals surface area contributed by atoms with Gasteiger partial charge in [-0.25, -0.2) is 4.39 Å². The van der Waals surface area contributed by atoms with Crippen molar-refractivity contribution in [2.24, 2.45) is 0 Å². The van der Waals surface area contributed by atoms with Gasteiger partial charge in [0.15, 0.2) is 5.78 Å². The first-order valence-corrected chi connectivity index (χ1v) is 6.27. The summed E-state index contributed by atoms with van der Waals surface area (Å²) in [6, 6.07) is 9.65. The number of methoxy groups -OCH3 is 1. The molecular formula is C16H13FO3. The van der Waals surface area contributed by atoms with Gasteiger partial charge in [-0.3, -0.25) is 4.79 Å². The molecule has 0 amide bonds. The first kappa shape index (κ1) is 12.8. The molecule has 3 rings (SSSR count). The van der Waals surface area contributed by atoms with Crippen LogP contribution in [-0.2, 0) is 18.0 Å². The highest BCUT2D eigenvalue weighted by Crippen LogP contribution is 2.27. The summed E-state index contributed by atoms with van der Waals surface area (Å²) >= 11 is 0. The average molecular weight is 272 g/mol. The zero-order valence-corrected chi connectivity index (χ0v) is 11.0. The van der Waals surface area contributed by atoms with Gasteiger partial charge in [0, 0.05) is 5.56 Å². The molecule has 0 saturated heterocycles. The fourth-order valence-corrected chi connectivity index (χ4v) is 2.35. The average Bonchev–Trinajstić information content (AvgIpc) is 2.93. The first-order valence-electron chi connectivity index (χ1n) is 6.27. The Morgan fingerprint density at radius 2 is 2.00 bits per heavy atom. The number of halogens is 1. The van der Waals surface area contributed by atoms with Gasteiger partial charge < -0.3 is 9.47 Å². The van der Waals surface area contributed by atoms with Crippen molar-refractivity contribution >= 4 is 5.78 Å². The molecule has 0 bridgehead atoms. The molecule has 20 heavy (non-hydrogen) atoms. The van der Waals surface area contributed by atoms with Crippen LogP contribution in [-0.4, -0.2) is 12.9 Å². The number of fused-ring (bicyclic) bond motifs is 1. The van der Waals surface area contributed by atoms with Crippen LogP contribution in [0.4, 0.5) is 4.39 Å². The molecule has 3 nitrogen and oxygen atoms in total. The molecule has 0 aromatic heterocycles. The number of rotatable bonds is 3. The van der Waals surface area contributed by atoms with Crippen LogP contribution in [0.15, 0.2) is 36.4 Å². The van der Waals surface area contributed by atoms with Crippen molar-refractivity contribution in [2.45, 2.75) is 13.2 Å². The van der Waals surface area contributed by atoms with Crippen LogP contribution < -0.4 is 4.74 Å². The number of carbonyl (C=O) groups is 1. The monoisotopic (exact) mass is 272 g/mol. The number of carbonyl (C=O) groups excluding carboxylic acids is 1.